The lowest BCUT2D eigenvalue weighted by atomic mass is 10.0. The van der Waals surface area contributed by atoms with Crippen LogP contribution in [0.15, 0.2) is 60.8 Å². The van der Waals surface area contributed by atoms with Crippen LogP contribution in [0.3, 0.4) is 0 Å². The van der Waals surface area contributed by atoms with Crippen molar-refractivity contribution in [2.45, 2.75) is 6.04 Å². The lowest BCUT2D eigenvalue weighted by molar-refractivity contribution is 0.0162. The number of thiazole rings is 1. The molecule has 2 heterocycles. The van der Waals surface area contributed by atoms with E-state index in [9.17, 15) is 4.79 Å². The second-order valence-corrected chi connectivity index (χ2v) is 8.07. The molecule has 1 aliphatic rings. The number of carbonyl (C=O) groups is 1. The van der Waals surface area contributed by atoms with Gasteiger partial charge >= 0.3 is 0 Å². The first-order valence-electron chi connectivity index (χ1n) is 10.00. The predicted molar refractivity (Wildman–Crippen MR) is 118 cm³/mol. The Morgan fingerprint density at radius 3 is 2.60 bits per heavy atom. The number of carbonyl (C=O) groups excluding carboxylic acids is 1. The second-order valence-electron chi connectivity index (χ2n) is 7.04. The van der Waals surface area contributed by atoms with E-state index in [-0.39, 0.29) is 11.9 Å². The van der Waals surface area contributed by atoms with Crippen molar-refractivity contribution in [2.24, 2.45) is 0 Å². The van der Waals surface area contributed by atoms with Gasteiger partial charge in [0.05, 0.1) is 32.6 Å². The van der Waals surface area contributed by atoms with E-state index in [1.807, 2.05) is 42.5 Å². The highest BCUT2D eigenvalue weighted by molar-refractivity contribution is 7.16. The highest BCUT2D eigenvalue weighted by Crippen LogP contribution is 2.26. The van der Waals surface area contributed by atoms with Crippen LogP contribution in [0.5, 0.6) is 5.75 Å². The minimum Gasteiger partial charge on any atom is -0.497 e. The largest absolute Gasteiger partial charge is 0.497 e. The minimum absolute atomic E-state index is 0.0743. The number of hydrogen-bond acceptors (Lipinski definition) is 6. The molecule has 7 heteroatoms. The first kappa shape index (κ1) is 20.5. The van der Waals surface area contributed by atoms with Crippen molar-refractivity contribution in [2.75, 3.05) is 40.0 Å². The maximum atomic E-state index is 12.8. The summed E-state index contributed by atoms with van der Waals surface area (Å²) in [5.74, 6) is 0.725. The number of rotatable bonds is 7. The number of benzene rings is 2. The number of morpholine rings is 1. The van der Waals surface area contributed by atoms with Gasteiger partial charge in [-0.3, -0.25) is 9.69 Å². The third kappa shape index (κ3) is 4.87. The summed E-state index contributed by atoms with van der Waals surface area (Å²) < 4.78 is 10.8. The van der Waals surface area contributed by atoms with E-state index in [1.165, 1.54) is 11.3 Å². The van der Waals surface area contributed by atoms with Gasteiger partial charge in [-0.05, 0) is 17.7 Å². The van der Waals surface area contributed by atoms with E-state index in [4.69, 9.17) is 9.47 Å². The fourth-order valence-corrected chi connectivity index (χ4v) is 4.38. The first-order valence-corrected chi connectivity index (χ1v) is 10.8. The molecule has 1 atom stereocenters. The summed E-state index contributed by atoms with van der Waals surface area (Å²) in [4.78, 5) is 20.2. The van der Waals surface area contributed by atoms with Gasteiger partial charge in [-0.1, -0.05) is 42.5 Å². The van der Waals surface area contributed by atoms with Gasteiger partial charge in [0.25, 0.3) is 5.91 Å². The third-order valence-corrected chi connectivity index (χ3v) is 6.24. The SMILES string of the molecule is COc1ccc(C(CNC(=O)c2cnc(-c3ccccc3)s2)N2CCOCC2)cc1. The maximum absolute atomic E-state index is 12.8. The molecule has 0 saturated carbocycles. The van der Waals surface area contributed by atoms with Crippen molar-refractivity contribution in [1.82, 2.24) is 15.2 Å². The maximum Gasteiger partial charge on any atom is 0.263 e. The summed E-state index contributed by atoms with van der Waals surface area (Å²) in [5.41, 5.74) is 2.17. The Labute approximate surface area is 180 Å². The molecule has 0 bridgehead atoms. The monoisotopic (exact) mass is 423 g/mol. The van der Waals surface area contributed by atoms with Gasteiger partial charge in [0.1, 0.15) is 15.6 Å². The fraction of sp³-hybridized carbons (Fsp3) is 0.304. The third-order valence-electron chi connectivity index (χ3n) is 5.19. The van der Waals surface area contributed by atoms with Crippen LogP contribution < -0.4 is 10.1 Å². The number of ether oxygens (including phenoxy) is 2. The molecular formula is C23H25N3O3S. The number of nitrogens with one attached hydrogen (secondary N) is 1. The molecule has 1 N–H and O–H groups in total. The number of nitrogens with zero attached hydrogens (tertiary/aromatic N) is 2. The van der Waals surface area contributed by atoms with E-state index < -0.39 is 0 Å². The van der Waals surface area contributed by atoms with Crippen LogP contribution in [-0.2, 0) is 4.74 Å². The summed E-state index contributed by atoms with van der Waals surface area (Å²) in [6.07, 6.45) is 1.65. The van der Waals surface area contributed by atoms with Crippen LogP contribution in [0.1, 0.15) is 21.3 Å². The molecule has 1 fully saturated rings. The molecule has 2 aromatic carbocycles. The van der Waals surface area contributed by atoms with Crippen molar-refractivity contribution >= 4 is 17.2 Å². The summed E-state index contributed by atoms with van der Waals surface area (Å²) >= 11 is 1.41. The normalized spacial score (nSPS) is 15.5. The molecule has 0 aliphatic carbocycles. The van der Waals surface area contributed by atoms with E-state index in [0.29, 0.717) is 24.6 Å². The molecule has 30 heavy (non-hydrogen) atoms. The molecule has 1 saturated heterocycles. The predicted octanol–water partition coefficient (Wildman–Crippen LogP) is 3.62. The number of amides is 1. The van der Waals surface area contributed by atoms with Gasteiger partial charge in [-0.15, -0.1) is 11.3 Å². The Morgan fingerprint density at radius 1 is 1.17 bits per heavy atom. The number of methoxy groups -OCH3 is 1. The molecule has 3 aromatic rings. The van der Waals surface area contributed by atoms with Crippen LogP contribution in [0.25, 0.3) is 10.6 Å². The molecule has 1 amide bonds. The lowest BCUT2D eigenvalue weighted by Gasteiger charge is -2.35. The zero-order chi connectivity index (χ0) is 20.8. The van der Waals surface area contributed by atoms with Gasteiger partial charge in [0.15, 0.2) is 0 Å². The zero-order valence-electron chi connectivity index (χ0n) is 16.9. The van der Waals surface area contributed by atoms with Crippen LogP contribution in [0.2, 0.25) is 0 Å². The Kier molecular flexibility index (Phi) is 6.74. The highest BCUT2D eigenvalue weighted by atomic mass is 32.1. The van der Waals surface area contributed by atoms with Crippen LogP contribution in [0, 0.1) is 0 Å². The quantitative estimate of drug-likeness (QED) is 0.629. The van der Waals surface area contributed by atoms with Gasteiger partial charge < -0.3 is 14.8 Å². The smallest absolute Gasteiger partial charge is 0.263 e. The average molecular weight is 424 g/mol. The van der Waals surface area contributed by atoms with Gasteiger partial charge in [-0.2, -0.15) is 0 Å². The second kappa shape index (κ2) is 9.84. The Hall–Kier alpha value is -2.74. The fourth-order valence-electron chi connectivity index (χ4n) is 3.54. The first-order chi connectivity index (χ1) is 14.7. The van der Waals surface area contributed by atoms with Crippen molar-refractivity contribution in [1.29, 1.82) is 0 Å². The van der Waals surface area contributed by atoms with Crippen LogP contribution in [-0.4, -0.2) is 55.7 Å². The van der Waals surface area contributed by atoms with Crippen molar-refractivity contribution < 1.29 is 14.3 Å². The summed E-state index contributed by atoms with van der Waals surface area (Å²) in [6.45, 7) is 3.60. The van der Waals surface area contributed by atoms with E-state index >= 15 is 0 Å². The Morgan fingerprint density at radius 2 is 1.90 bits per heavy atom. The molecule has 0 radical (unpaired) electrons. The summed E-state index contributed by atoms with van der Waals surface area (Å²) in [5, 5.41) is 3.95. The molecular weight excluding hydrogens is 398 g/mol. The summed E-state index contributed by atoms with van der Waals surface area (Å²) in [7, 11) is 1.66. The molecule has 1 aliphatic heterocycles. The Bertz CT molecular complexity index is 953. The molecule has 1 unspecified atom stereocenters. The van der Waals surface area contributed by atoms with E-state index in [0.717, 1.165) is 35.0 Å². The van der Waals surface area contributed by atoms with Crippen LogP contribution in [0.4, 0.5) is 0 Å². The average Bonchev–Trinajstić information content (AvgIpc) is 3.31. The zero-order valence-corrected chi connectivity index (χ0v) is 17.7. The highest BCUT2D eigenvalue weighted by Gasteiger charge is 2.24. The summed E-state index contributed by atoms with van der Waals surface area (Å²) in [6, 6.07) is 18.0. The minimum atomic E-state index is -0.0959. The number of aromatic nitrogens is 1. The number of hydrogen-bond donors (Lipinski definition) is 1. The van der Waals surface area contributed by atoms with Crippen molar-refractivity contribution in [3.05, 3.63) is 71.2 Å². The molecule has 6 nitrogen and oxygen atoms in total. The van der Waals surface area contributed by atoms with Crippen molar-refractivity contribution in [3.8, 4) is 16.3 Å². The lowest BCUT2D eigenvalue weighted by Crippen LogP contribution is -2.43. The van der Waals surface area contributed by atoms with Gasteiger partial charge in [0, 0.05) is 25.2 Å². The van der Waals surface area contributed by atoms with E-state index in [1.54, 1.807) is 13.3 Å². The van der Waals surface area contributed by atoms with Gasteiger partial charge in [0.2, 0.25) is 0 Å². The topological polar surface area (TPSA) is 63.7 Å². The standard InChI is InChI=1S/C23H25N3O3S/c1-28-19-9-7-17(8-10-19)20(26-11-13-29-14-12-26)15-24-22(27)21-16-25-23(30-21)18-5-3-2-4-6-18/h2-10,16,20H,11-15H2,1H3,(H,24,27). The van der Waals surface area contributed by atoms with E-state index in [2.05, 4.69) is 27.3 Å². The van der Waals surface area contributed by atoms with Gasteiger partial charge in [-0.25, -0.2) is 4.98 Å². The van der Waals surface area contributed by atoms with Crippen molar-refractivity contribution in [3.63, 3.8) is 0 Å². The Balaban J connectivity index is 1.46. The molecule has 156 valence electrons. The molecule has 0 spiro atoms. The van der Waals surface area contributed by atoms with Crippen LogP contribution >= 0.6 is 11.3 Å². The molecule has 1 aromatic heterocycles. The molecule has 4 rings (SSSR count).